The van der Waals surface area contributed by atoms with Gasteiger partial charge in [-0.2, -0.15) is 0 Å². The van der Waals surface area contributed by atoms with Gasteiger partial charge >= 0.3 is 0 Å². The standard InChI is InChI=1S/C14H17BrFNO/c1-9-3-2-4-11(7-9)17-14(18)12-8-10(15)5-6-13(12)16/h5-6,8-9,11H,2-4,7H2,1H3,(H,17,18). The molecule has 1 fully saturated rings. The lowest BCUT2D eigenvalue weighted by molar-refractivity contribution is 0.0917. The van der Waals surface area contributed by atoms with Crippen molar-refractivity contribution in [3.63, 3.8) is 0 Å². The molecule has 2 atom stereocenters. The first kappa shape index (κ1) is 13.5. The second-order valence-corrected chi connectivity index (χ2v) is 5.98. The number of rotatable bonds is 2. The van der Waals surface area contributed by atoms with E-state index in [2.05, 4.69) is 28.2 Å². The topological polar surface area (TPSA) is 29.1 Å². The van der Waals surface area contributed by atoms with Gasteiger partial charge in [-0.05, 0) is 37.0 Å². The highest BCUT2D eigenvalue weighted by Gasteiger charge is 2.22. The van der Waals surface area contributed by atoms with Crippen molar-refractivity contribution < 1.29 is 9.18 Å². The summed E-state index contributed by atoms with van der Waals surface area (Å²) in [5.41, 5.74) is 0.114. The Morgan fingerprint density at radius 1 is 1.44 bits per heavy atom. The first-order valence-electron chi connectivity index (χ1n) is 6.32. The third kappa shape index (κ3) is 3.31. The molecule has 1 aliphatic carbocycles. The summed E-state index contributed by atoms with van der Waals surface area (Å²) in [5.74, 6) is -0.149. The van der Waals surface area contributed by atoms with Gasteiger partial charge in [-0.15, -0.1) is 0 Å². The fourth-order valence-electron chi connectivity index (χ4n) is 2.50. The molecule has 1 aliphatic rings. The molecule has 1 N–H and O–H groups in total. The highest BCUT2D eigenvalue weighted by Crippen LogP contribution is 2.24. The van der Waals surface area contributed by atoms with Gasteiger partial charge in [-0.1, -0.05) is 35.7 Å². The third-order valence-corrected chi connectivity index (χ3v) is 3.94. The molecule has 0 aromatic heterocycles. The summed E-state index contributed by atoms with van der Waals surface area (Å²) in [6.45, 7) is 2.19. The fourth-order valence-corrected chi connectivity index (χ4v) is 2.86. The van der Waals surface area contributed by atoms with E-state index in [4.69, 9.17) is 0 Å². The molecule has 0 bridgehead atoms. The fraction of sp³-hybridized carbons (Fsp3) is 0.500. The molecule has 98 valence electrons. The molecule has 0 saturated heterocycles. The Balaban J connectivity index is 2.05. The zero-order chi connectivity index (χ0) is 13.1. The summed E-state index contributed by atoms with van der Waals surface area (Å²) >= 11 is 3.25. The molecule has 1 aromatic rings. The van der Waals surface area contributed by atoms with Crippen LogP contribution in [0.2, 0.25) is 0 Å². The summed E-state index contributed by atoms with van der Waals surface area (Å²) in [5, 5.41) is 2.93. The minimum absolute atomic E-state index is 0.114. The molecule has 4 heteroatoms. The van der Waals surface area contributed by atoms with E-state index in [0.717, 1.165) is 19.3 Å². The van der Waals surface area contributed by atoms with Crippen LogP contribution in [-0.4, -0.2) is 11.9 Å². The Labute approximate surface area is 115 Å². The number of nitrogens with one attached hydrogen (secondary N) is 1. The quantitative estimate of drug-likeness (QED) is 0.881. The van der Waals surface area contributed by atoms with Crippen molar-refractivity contribution in [3.05, 3.63) is 34.1 Å². The molecule has 2 nitrogen and oxygen atoms in total. The average Bonchev–Trinajstić information content (AvgIpc) is 2.32. The zero-order valence-corrected chi connectivity index (χ0v) is 12.0. The Morgan fingerprint density at radius 2 is 2.22 bits per heavy atom. The molecule has 0 radical (unpaired) electrons. The molecule has 2 unspecified atom stereocenters. The van der Waals surface area contributed by atoms with Crippen LogP contribution in [0.15, 0.2) is 22.7 Å². The number of hydrogen-bond acceptors (Lipinski definition) is 1. The van der Waals surface area contributed by atoms with E-state index in [1.807, 2.05) is 0 Å². The zero-order valence-electron chi connectivity index (χ0n) is 10.4. The van der Waals surface area contributed by atoms with Gasteiger partial charge in [0.05, 0.1) is 5.56 Å². The highest BCUT2D eigenvalue weighted by atomic mass is 79.9. The van der Waals surface area contributed by atoms with Crippen LogP contribution in [0.5, 0.6) is 0 Å². The van der Waals surface area contributed by atoms with Crippen LogP contribution in [0.3, 0.4) is 0 Å². The van der Waals surface area contributed by atoms with Gasteiger partial charge in [-0.3, -0.25) is 4.79 Å². The lowest BCUT2D eigenvalue weighted by Gasteiger charge is -2.27. The van der Waals surface area contributed by atoms with Crippen molar-refractivity contribution >= 4 is 21.8 Å². The molecule has 0 heterocycles. The van der Waals surface area contributed by atoms with Gasteiger partial charge in [0, 0.05) is 10.5 Å². The predicted octanol–water partition coefficient (Wildman–Crippen LogP) is 3.90. The van der Waals surface area contributed by atoms with Gasteiger partial charge in [0.2, 0.25) is 0 Å². The van der Waals surface area contributed by atoms with Crippen LogP contribution in [0.25, 0.3) is 0 Å². The number of carbonyl (C=O) groups is 1. The normalized spacial score (nSPS) is 23.7. The molecule has 18 heavy (non-hydrogen) atoms. The second kappa shape index (κ2) is 5.83. The van der Waals surface area contributed by atoms with Crippen LogP contribution in [0, 0.1) is 11.7 Å². The lowest BCUT2D eigenvalue weighted by Crippen LogP contribution is -2.38. The van der Waals surface area contributed by atoms with E-state index in [1.54, 1.807) is 6.07 Å². The van der Waals surface area contributed by atoms with E-state index in [1.165, 1.54) is 18.6 Å². The molecule has 0 spiro atoms. The number of carbonyl (C=O) groups excluding carboxylic acids is 1. The van der Waals surface area contributed by atoms with E-state index >= 15 is 0 Å². The minimum Gasteiger partial charge on any atom is -0.349 e. The van der Waals surface area contributed by atoms with Gasteiger partial charge in [-0.25, -0.2) is 4.39 Å². The average molecular weight is 314 g/mol. The molecule has 2 rings (SSSR count). The van der Waals surface area contributed by atoms with Crippen molar-refractivity contribution in [2.45, 2.75) is 38.6 Å². The Bertz CT molecular complexity index is 449. The maximum Gasteiger partial charge on any atom is 0.254 e. The molecule has 1 aromatic carbocycles. The molecule has 1 saturated carbocycles. The number of benzene rings is 1. The summed E-state index contributed by atoms with van der Waals surface area (Å²) < 4.78 is 14.3. The second-order valence-electron chi connectivity index (χ2n) is 5.07. The van der Waals surface area contributed by atoms with Crippen molar-refractivity contribution in [3.8, 4) is 0 Å². The van der Waals surface area contributed by atoms with Crippen LogP contribution in [0.1, 0.15) is 43.0 Å². The van der Waals surface area contributed by atoms with Gasteiger partial charge < -0.3 is 5.32 Å². The van der Waals surface area contributed by atoms with E-state index < -0.39 is 5.82 Å². The van der Waals surface area contributed by atoms with Crippen molar-refractivity contribution in [1.82, 2.24) is 5.32 Å². The number of hydrogen-bond donors (Lipinski definition) is 1. The van der Waals surface area contributed by atoms with Gasteiger partial charge in [0.15, 0.2) is 0 Å². The van der Waals surface area contributed by atoms with Crippen molar-refractivity contribution in [2.75, 3.05) is 0 Å². The summed E-state index contributed by atoms with van der Waals surface area (Å²) in [7, 11) is 0. The maximum atomic E-state index is 13.6. The van der Waals surface area contributed by atoms with E-state index in [-0.39, 0.29) is 17.5 Å². The minimum atomic E-state index is -0.473. The smallest absolute Gasteiger partial charge is 0.254 e. The first-order chi connectivity index (χ1) is 8.56. The summed E-state index contributed by atoms with van der Waals surface area (Å²) in [4.78, 5) is 12.0. The number of halogens is 2. The summed E-state index contributed by atoms with van der Waals surface area (Å²) in [6.07, 6.45) is 4.33. The van der Waals surface area contributed by atoms with Crippen molar-refractivity contribution in [1.29, 1.82) is 0 Å². The number of amides is 1. The first-order valence-corrected chi connectivity index (χ1v) is 7.11. The SMILES string of the molecule is CC1CCCC(NC(=O)c2cc(Br)ccc2F)C1. The molecule has 1 amide bonds. The van der Waals surface area contributed by atoms with Crippen LogP contribution in [-0.2, 0) is 0 Å². The maximum absolute atomic E-state index is 13.6. The van der Waals surface area contributed by atoms with Gasteiger partial charge in [0.25, 0.3) is 5.91 Å². The Hall–Kier alpha value is -0.900. The molecular formula is C14H17BrFNO. The van der Waals surface area contributed by atoms with Crippen LogP contribution < -0.4 is 5.32 Å². The Kier molecular flexibility index (Phi) is 4.38. The van der Waals surface area contributed by atoms with Crippen LogP contribution >= 0.6 is 15.9 Å². The van der Waals surface area contributed by atoms with E-state index in [9.17, 15) is 9.18 Å². The monoisotopic (exact) mass is 313 g/mol. The van der Waals surface area contributed by atoms with Crippen LogP contribution in [0.4, 0.5) is 4.39 Å². The van der Waals surface area contributed by atoms with E-state index in [0.29, 0.717) is 10.4 Å². The molecule has 0 aliphatic heterocycles. The molecular weight excluding hydrogens is 297 g/mol. The summed E-state index contributed by atoms with van der Waals surface area (Å²) in [6, 6.07) is 4.61. The lowest BCUT2D eigenvalue weighted by atomic mass is 9.87. The largest absolute Gasteiger partial charge is 0.349 e. The third-order valence-electron chi connectivity index (χ3n) is 3.44. The predicted molar refractivity (Wildman–Crippen MR) is 73.0 cm³/mol. The Morgan fingerprint density at radius 3 is 2.94 bits per heavy atom. The van der Waals surface area contributed by atoms with Gasteiger partial charge in [0.1, 0.15) is 5.82 Å². The van der Waals surface area contributed by atoms with Crippen molar-refractivity contribution in [2.24, 2.45) is 5.92 Å². The highest BCUT2D eigenvalue weighted by molar-refractivity contribution is 9.10.